The van der Waals surface area contributed by atoms with Gasteiger partial charge in [-0.2, -0.15) is 0 Å². The molecule has 1 fully saturated rings. The summed E-state index contributed by atoms with van der Waals surface area (Å²) in [5.41, 5.74) is 2.02. The lowest BCUT2D eigenvalue weighted by atomic mass is 9.96. The second-order valence-electron chi connectivity index (χ2n) is 8.61. The van der Waals surface area contributed by atoms with Crippen LogP contribution in [0.25, 0.3) is 10.8 Å². The molecular weight excluding hydrogens is 408 g/mol. The van der Waals surface area contributed by atoms with E-state index in [1.54, 1.807) is 0 Å². The van der Waals surface area contributed by atoms with Crippen molar-refractivity contribution in [3.8, 4) is 11.5 Å². The quantitative estimate of drug-likeness (QED) is 0.376. The van der Waals surface area contributed by atoms with Crippen molar-refractivity contribution in [1.82, 2.24) is 4.90 Å². The number of amides is 1. The van der Waals surface area contributed by atoms with Crippen LogP contribution in [-0.4, -0.2) is 23.9 Å². The van der Waals surface area contributed by atoms with Crippen molar-refractivity contribution >= 4 is 22.4 Å². The van der Waals surface area contributed by atoms with Gasteiger partial charge in [-0.25, -0.2) is 0 Å². The van der Waals surface area contributed by atoms with Crippen LogP contribution in [0.2, 0.25) is 0 Å². The molecule has 0 saturated carbocycles. The molecule has 1 atom stereocenters. The minimum atomic E-state index is -0.0430. The fourth-order valence-electron chi connectivity index (χ4n) is 4.59. The van der Waals surface area contributed by atoms with Gasteiger partial charge in [0.1, 0.15) is 5.75 Å². The molecule has 1 N–H and O–H groups in total. The molecule has 5 rings (SSSR count). The lowest BCUT2D eigenvalue weighted by molar-refractivity contribution is -0.121. The maximum Gasteiger partial charge on any atom is 0.228 e. The highest BCUT2D eigenvalue weighted by Gasteiger charge is 2.26. The van der Waals surface area contributed by atoms with E-state index >= 15 is 0 Å². The van der Waals surface area contributed by atoms with Gasteiger partial charge in [0.15, 0.2) is 5.75 Å². The normalized spacial score (nSPS) is 16.4. The van der Waals surface area contributed by atoms with Gasteiger partial charge in [-0.05, 0) is 60.0 Å². The summed E-state index contributed by atoms with van der Waals surface area (Å²) in [6.07, 6.45) is 1.92. The van der Waals surface area contributed by atoms with Gasteiger partial charge >= 0.3 is 0 Å². The zero-order valence-electron chi connectivity index (χ0n) is 18.6. The highest BCUT2D eigenvalue weighted by atomic mass is 16.5. The molecule has 1 aliphatic rings. The van der Waals surface area contributed by atoms with Crippen molar-refractivity contribution < 1.29 is 9.53 Å². The van der Waals surface area contributed by atoms with Gasteiger partial charge in [0.2, 0.25) is 5.91 Å². The molecule has 4 heteroatoms. The Kier molecular flexibility index (Phi) is 6.36. The molecule has 4 aromatic carbocycles. The maximum absolute atomic E-state index is 13.2. The lowest BCUT2D eigenvalue weighted by Crippen LogP contribution is -2.40. The zero-order chi connectivity index (χ0) is 22.5. The summed E-state index contributed by atoms with van der Waals surface area (Å²) in [5.74, 6) is 1.42. The van der Waals surface area contributed by atoms with Gasteiger partial charge in [0.25, 0.3) is 0 Å². The van der Waals surface area contributed by atoms with Crippen molar-refractivity contribution in [3.63, 3.8) is 0 Å². The number of hydrogen-bond donors (Lipinski definition) is 1. The molecular formula is C29H28N2O2. The van der Waals surface area contributed by atoms with E-state index in [0.717, 1.165) is 38.2 Å². The minimum Gasteiger partial charge on any atom is -0.455 e. The number of nitrogens with one attached hydrogen (secondary N) is 1. The summed E-state index contributed by atoms with van der Waals surface area (Å²) in [6.45, 7) is 2.64. The Bertz CT molecular complexity index is 1230. The molecule has 166 valence electrons. The molecule has 0 spiro atoms. The van der Waals surface area contributed by atoms with Crippen molar-refractivity contribution in [2.45, 2.75) is 19.4 Å². The Balaban J connectivity index is 1.26. The van der Waals surface area contributed by atoms with Crippen molar-refractivity contribution in [2.24, 2.45) is 5.92 Å². The van der Waals surface area contributed by atoms with Gasteiger partial charge in [-0.15, -0.1) is 0 Å². The van der Waals surface area contributed by atoms with Gasteiger partial charge in [-0.1, -0.05) is 72.8 Å². The van der Waals surface area contributed by atoms with Crippen LogP contribution in [0.1, 0.15) is 18.4 Å². The summed E-state index contributed by atoms with van der Waals surface area (Å²) in [4.78, 5) is 15.6. The Morgan fingerprint density at radius 1 is 0.879 bits per heavy atom. The van der Waals surface area contributed by atoms with E-state index in [2.05, 4.69) is 52.7 Å². The number of para-hydroxylation sites is 3. The van der Waals surface area contributed by atoms with Crippen LogP contribution in [0.15, 0.2) is 97.1 Å². The Morgan fingerprint density at radius 3 is 2.55 bits per heavy atom. The van der Waals surface area contributed by atoms with E-state index in [4.69, 9.17) is 4.74 Å². The largest absolute Gasteiger partial charge is 0.455 e. The molecule has 4 aromatic rings. The molecule has 0 radical (unpaired) electrons. The number of benzene rings is 4. The summed E-state index contributed by atoms with van der Waals surface area (Å²) >= 11 is 0. The summed E-state index contributed by atoms with van der Waals surface area (Å²) < 4.78 is 6.01. The fraction of sp³-hybridized carbons (Fsp3) is 0.207. The number of likely N-dealkylation sites (tertiary alicyclic amines) is 1. The van der Waals surface area contributed by atoms with Crippen LogP contribution in [0.4, 0.5) is 5.69 Å². The second-order valence-corrected chi connectivity index (χ2v) is 8.61. The number of hydrogen-bond acceptors (Lipinski definition) is 3. The number of carbonyl (C=O) groups is 1. The molecule has 4 nitrogen and oxygen atoms in total. The lowest BCUT2D eigenvalue weighted by Gasteiger charge is -2.32. The van der Waals surface area contributed by atoms with E-state index in [1.807, 2.05) is 54.6 Å². The van der Waals surface area contributed by atoms with E-state index in [9.17, 15) is 4.79 Å². The summed E-state index contributed by atoms with van der Waals surface area (Å²) in [7, 11) is 0. The number of fused-ring (bicyclic) bond motifs is 1. The van der Waals surface area contributed by atoms with Crippen LogP contribution in [0.3, 0.4) is 0 Å². The molecule has 0 bridgehead atoms. The predicted molar refractivity (Wildman–Crippen MR) is 134 cm³/mol. The highest BCUT2D eigenvalue weighted by Crippen LogP contribution is 2.30. The third-order valence-corrected chi connectivity index (χ3v) is 6.27. The molecule has 1 heterocycles. The van der Waals surface area contributed by atoms with Crippen LogP contribution in [0.5, 0.6) is 11.5 Å². The van der Waals surface area contributed by atoms with Crippen molar-refractivity contribution in [3.05, 3.63) is 103 Å². The van der Waals surface area contributed by atoms with E-state index in [0.29, 0.717) is 11.4 Å². The van der Waals surface area contributed by atoms with Gasteiger partial charge in [-0.3, -0.25) is 9.69 Å². The standard InChI is InChI=1S/C29H28N2O2/c32-29(30-27-17-6-7-18-28(27)33-25-14-2-1-3-15-25)24-13-9-19-31(21-24)20-23-12-8-11-22-10-4-5-16-26(22)23/h1-8,10-12,14-18,24H,9,13,19-21H2,(H,30,32). The fourth-order valence-corrected chi connectivity index (χ4v) is 4.59. The molecule has 0 aromatic heterocycles. The van der Waals surface area contributed by atoms with E-state index in [-0.39, 0.29) is 11.8 Å². The molecule has 1 amide bonds. The van der Waals surface area contributed by atoms with Crippen molar-refractivity contribution in [1.29, 1.82) is 0 Å². The zero-order valence-corrected chi connectivity index (χ0v) is 18.6. The number of rotatable bonds is 6. The third-order valence-electron chi connectivity index (χ3n) is 6.27. The Hall–Kier alpha value is -3.63. The predicted octanol–water partition coefficient (Wildman–Crippen LogP) is 6.48. The van der Waals surface area contributed by atoms with Gasteiger partial charge < -0.3 is 10.1 Å². The average molecular weight is 437 g/mol. The molecule has 1 saturated heterocycles. The molecule has 1 unspecified atom stereocenters. The maximum atomic E-state index is 13.2. The first kappa shape index (κ1) is 21.2. The first-order valence-electron chi connectivity index (χ1n) is 11.6. The second kappa shape index (κ2) is 9.88. The summed E-state index contributed by atoms with van der Waals surface area (Å²) in [5, 5.41) is 5.67. The van der Waals surface area contributed by atoms with Crippen LogP contribution in [0, 0.1) is 5.92 Å². The number of ether oxygens (including phenoxy) is 1. The number of piperidine rings is 1. The van der Waals surface area contributed by atoms with Crippen LogP contribution < -0.4 is 10.1 Å². The topological polar surface area (TPSA) is 41.6 Å². The van der Waals surface area contributed by atoms with Gasteiger partial charge in [0.05, 0.1) is 11.6 Å². The SMILES string of the molecule is O=C(Nc1ccccc1Oc1ccccc1)C1CCCN(Cc2cccc3ccccc23)C1. The molecule has 1 aliphatic heterocycles. The number of carbonyl (C=O) groups excluding carboxylic acids is 1. The Morgan fingerprint density at radius 2 is 1.64 bits per heavy atom. The monoisotopic (exact) mass is 436 g/mol. The molecule has 0 aliphatic carbocycles. The minimum absolute atomic E-state index is 0.0430. The number of anilines is 1. The third kappa shape index (κ3) is 5.07. The van der Waals surface area contributed by atoms with E-state index in [1.165, 1.54) is 16.3 Å². The smallest absolute Gasteiger partial charge is 0.228 e. The molecule has 33 heavy (non-hydrogen) atoms. The first-order valence-corrected chi connectivity index (χ1v) is 11.6. The Labute approximate surface area is 194 Å². The van der Waals surface area contributed by atoms with Crippen molar-refractivity contribution in [2.75, 3.05) is 18.4 Å². The average Bonchev–Trinajstić information content (AvgIpc) is 2.86. The van der Waals surface area contributed by atoms with Crippen LogP contribution in [-0.2, 0) is 11.3 Å². The van der Waals surface area contributed by atoms with Crippen LogP contribution >= 0.6 is 0 Å². The number of nitrogens with zero attached hydrogens (tertiary/aromatic N) is 1. The van der Waals surface area contributed by atoms with Gasteiger partial charge in [0, 0.05) is 13.1 Å². The first-order chi connectivity index (χ1) is 16.3. The summed E-state index contributed by atoms with van der Waals surface area (Å²) in [6, 6.07) is 32.2. The van der Waals surface area contributed by atoms with E-state index < -0.39 is 0 Å². The highest BCUT2D eigenvalue weighted by molar-refractivity contribution is 5.94.